The molecular formula is C15H14FN5O3S2. The third kappa shape index (κ3) is 2.81. The Balaban J connectivity index is 1.64. The van der Waals surface area contributed by atoms with Crippen molar-refractivity contribution in [1.82, 2.24) is 20.1 Å². The average molecular weight is 395 g/mol. The van der Waals surface area contributed by atoms with E-state index in [-0.39, 0.29) is 27.3 Å². The number of nitrogens with zero attached hydrogens (tertiary/aromatic N) is 4. The SMILES string of the molecule is CC1(C)[C@@H](c2nc(-c3cncc(F)c3)no2)[C@@H]1c1ncc(S(N)(=O)=O)s1. The van der Waals surface area contributed by atoms with Crippen LogP contribution in [0.5, 0.6) is 0 Å². The number of pyridine rings is 1. The van der Waals surface area contributed by atoms with Gasteiger partial charge in [-0.2, -0.15) is 4.98 Å². The molecule has 0 saturated heterocycles. The van der Waals surface area contributed by atoms with E-state index in [4.69, 9.17) is 9.66 Å². The van der Waals surface area contributed by atoms with E-state index < -0.39 is 15.8 Å². The minimum atomic E-state index is -3.78. The molecular weight excluding hydrogens is 381 g/mol. The van der Waals surface area contributed by atoms with Gasteiger partial charge in [0, 0.05) is 17.7 Å². The summed E-state index contributed by atoms with van der Waals surface area (Å²) in [5, 5.41) is 9.70. The lowest BCUT2D eigenvalue weighted by molar-refractivity contribution is 0.368. The van der Waals surface area contributed by atoms with E-state index in [9.17, 15) is 12.8 Å². The predicted octanol–water partition coefficient (Wildman–Crippen LogP) is 2.28. The second-order valence-corrected chi connectivity index (χ2v) is 9.54. The molecule has 4 rings (SSSR count). The summed E-state index contributed by atoms with van der Waals surface area (Å²) < 4.78 is 41.6. The number of aromatic nitrogens is 4. The number of rotatable bonds is 4. The summed E-state index contributed by atoms with van der Waals surface area (Å²) in [5.74, 6) is -0.0344. The van der Waals surface area contributed by atoms with Crippen molar-refractivity contribution >= 4 is 21.4 Å². The van der Waals surface area contributed by atoms with E-state index >= 15 is 0 Å². The van der Waals surface area contributed by atoms with Crippen LogP contribution in [0.2, 0.25) is 0 Å². The van der Waals surface area contributed by atoms with Crippen molar-refractivity contribution in [3.63, 3.8) is 0 Å². The summed E-state index contributed by atoms with van der Waals surface area (Å²) in [6, 6.07) is 1.27. The molecule has 3 heterocycles. The number of primary sulfonamides is 1. The molecule has 0 aromatic carbocycles. The third-order valence-corrected chi connectivity index (χ3v) is 7.04. The Kier molecular flexibility index (Phi) is 3.72. The number of sulfonamides is 1. The molecule has 1 aliphatic carbocycles. The zero-order valence-electron chi connectivity index (χ0n) is 13.7. The van der Waals surface area contributed by atoms with Crippen molar-refractivity contribution in [2.24, 2.45) is 10.6 Å². The van der Waals surface area contributed by atoms with E-state index in [1.807, 2.05) is 13.8 Å². The lowest BCUT2D eigenvalue weighted by Crippen LogP contribution is -2.09. The molecule has 8 nitrogen and oxygen atoms in total. The van der Waals surface area contributed by atoms with Gasteiger partial charge in [-0.3, -0.25) is 4.98 Å². The molecule has 136 valence electrons. The first-order valence-electron chi connectivity index (χ1n) is 7.61. The Bertz CT molecular complexity index is 1090. The van der Waals surface area contributed by atoms with Gasteiger partial charge in [-0.05, 0) is 11.5 Å². The molecule has 2 N–H and O–H groups in total. The smallest absolute Gasteiger partial charge is 0.249 e. The van der Waals surface area contributed by atoms with Crippen LogP contribution in [-0.4, -0.2) is 28.5 Å². The molecule has 3 aromatic heterocycles. The molecule has 0 amide bonds. The van der Waals surface area contributed by atoms with Crippen molar-refractivity contribution < 1.29 is 17.3 Å². The van der Waals surface area contributed by atoms with Crippen LogP contribution in [-0.2, 0) is 10.0 Å². The topological polar surface area (TPSA) is 125 Å². The highest BCUT2D eigenvalue weighted by Crippen LogP contribution is 2.70. The average Bonchev–Trinajstić information content (AvgIpc) is 3.00. The first-order valence-corrected chi connectivity index (χ1v) is 9.97. The fraction of sp³-hybridized carbons (Fsp3) is 0.333. The lowest BCUT2D eigenvalue weighted by atomic mass is 10.1. The quantitative estimate of drug-likeness (QED) is 0.718. The van der Waals surface area contributed by atoms with Crippen LogP contribution < -0.4 is 5.14 Å². The fourth-order valence-corrected chi connectivity index (χ4v) is 5.02. The molecule has 26 heavy (non-hydrogen) atoms. The van der Waals surface area contributed by atoms with Gasteiger partial charge in [0.15, 0.2) is 4.21 Å². The van der Waals surface area contributed by atoms with E-state index in [0.717, 1.165) is 17.5 Å². The first kappa shape index (κ1) is 17.2. The molecule has 3 aromatic rings. The second-order valence-electron chi connectivity index (χ2n) is 6.69. The van der Waals surface area contributed by atoms with Gasteiger partial charge in [-0.15, -0.1) is 11.3 Å². The normalized spacial score (nSPS) is 21.7. The molecule has 0 spiro atoms. The highest BCUT2D eigenvalue weighted by molar-refractivity contribution is 7.91. The maximum atomic E-state index is 13.3. The van der Waals surface area contributed by atoms with Gasteiger partial charge in [0.05, 0.1) is 23.3 Å². The van der Waals surface area contributed by atoms with E-state index in [2.05, 4.69) is 20.1 Å². The monoisotopic (exact) mass is 395 g/mol. The van der Waals surface area contributed by atoms with Crippen molar-refractivity contribution in [1.29, 1.82) is 0 Å². The van der Waals surface area contributed by atoms with Gasteiger partial charge in [0.25, 0.3) is 0 Å². The van der Waals surface area contributed by atoms with Crippen LogP contribution in [0.25, 0.3) is 11.4 Å². The van der Waals surface area contributed by atoms with E-state index in [1.165, 1.54) is 18.5 Å². The minimum absolute atomic E-state index is 0.0194. The molecule has 0 bridgehead atoms. The zero-order valence-corrected chi connectivity index (χ0v) is 15.4. The van der Waals surface area contributed by atoms with Gasteiger partial charge in [-0.1, -0.05) is 19.0 Å². The number of hydrogen-bond donors (Lipinski definition) is 1. The molecule has 1 aliphatic rings. The molecule has 0 aliphatic heterocycles. The van der Waals surface area contributed by atoms with Crippen LogP contribution >= 0.6 is 11.3 Å². The van der Waals surface area contributed by atoms with Crippen LogP contribution in [0.15, 0.2) is 33.4 Å². The highest BCUT2D eigenvalue weighted by atomic mass is 32.2. The van der Waals surface area contributed by atoms with E-state index in [0.29, 0.717) is 16.5 Å². The van der Waals surface area contributed by atoms with Crippen LogP contribution in [0.3, 0.4) is 0 Å². The van der Waals surface area contributed by atoms with Crippen molar-refractivity contribution in [2.45, 2.75) is 29.9 Å². The van der Waals surface area contributed by atoms with Crippen molar-refractivity contribution in [3.8, 4) is 11.4 Å². The summed E-state index contributed by atoms with van der Waals surface area (Å²) in [4.78, 5) is 12.3. The number of nitrogens with two attached hydrogens (primary N) is 1. The van der Waals surface area contributed by atoms with E-state index in [1.54, 1.807) is 0 Å². The highest BCUT2D eigenvalue weighted by Gasteiger charge is 2.63. The molecule has 0 radical (unpaired) electrons. The molecule has 2 atom stereocenters. The number of thiazole rings is 1. The summed E-state index contributed by atoms with van der Waals surface area (Å²) >= 11 is 1.04. The van der Waals surface area contributed by atoms with Gasteiger partial charge in [0.1, 0.15) is 5.82 Å². The minimum Gasteiger partial charge on any atom is -0.339 e. The molecule has 1 fully saturated rings. The first-order chi connectivity index (χ1) is 12.2. The van der Waals surface area contributed by atoms with Gasteiger partial charge >= 0.3 is 0 Å². The van der Waals surface area contributed by atoms with Crippen molar-refractivity contribution in [3.05, 3.63) is 41.4 Å². The third-order valence-electron chi connectivity index (χ3n) is 4.55. The van der Waals surface area contributed by atoms with Crippen molar-refractivity contribution in [2.75, 3.05) is 0 Å². The summed E-state index contributed by atoms with van der Waals surface area (Å²) in [5.41, 5.74) is 0.179. The molecule has 0 unspecified atom stereocenters. The standard InChI is InChI=1S/C15H14FN5O3S2/c1-15(2)10(11(15)14-19-6-9(25-14)26(17,22)23)13-20-12(21-24-13)7-3-8(16)5-18-4-7/h3-6,10-11H,1-2H3,(H2,17,22,23)/t10-,11-/m1/s1. The summed E-state index contributed by atoms with van der Waals surface area (Å²) in [7, 11) is -3.78. The second kappa shape index (κ2) is 5.63. The number of hydrogen-bond acceptors (Lipinski definition) is 8. The van der Waals surface area contributed by atoms with Crippen LogP contribution in [0, 0.1) is 11.2 Å². The predicted molar refractivity (Wildman–Crippen MR) is 90.2 cm³/mol. The summed E-state index contributed by atoms with van der Waals surface area (Å²) in [6.07, 6.45) is 3.81. The van der Waals surface area contributed by atoms with Gasteiger partial charge in [0.2, 0.25) is 21.7 Å². The fourth-order valence-electron chi connectivity index (χ4n) is 3.12. The Morgan fingerprint density at radius 3 is 2.69 bits per heavy atom. The molecule has 11 heteroatoms. The Hall–Kier alpha value is -2.24. The largest absolute Gasteiger partial charge is 0.339 e. The van der Waals surface area contributed by atoms with Gasteiger partial charge < -0.3 is 4.52 Å². The van der Waals surface area contributed by atoms with Gasteiger partial charge in [-0.25, -0.2) is 22.9 Å². The number of halogens is 1. The van der Waals surface area contributed by atoms with Crippen LogP contribution in [0.1, 0.15) is 36.6 Å². The summed E-state index contributed by atoms with van der Waals surface area (Å²) in [6.45, 7) is 4.02. The zero-order chi connectivity index (χ0) is 18.7. The Labute approximate surface area is 152 Å². The maximum Gasteiger partial charge on any atom is 0.249 e. The molecule has 1 saturated carbocycles. The Morgan fingerprint density at radius 2 is 2.04 bits per heavy atom. The Morgan fingerprint density at radius 1 is 1.27 bits per heavy atom. The van der Waals surface area contributed by atoms with Crippen LogP contribution in [0.4, 0.5) is 4.39 Å². The lowest BCUT2D eigenvalue weighted by Gasteiger charge is -1.97. The maximum absolute atomic E-state index is 13.3.